The van der Waals surface area contributed by atoms with Crippen molar-refractivity contribution in [3.63, 3.8) is 0 Å². The smallest absolute Gasteiger partial charge is 0.243 e. The van der Waals surface area contributed by atoms with Crippen molar-refractivity contribution in [3.8, 4) is 0 Å². The Balaban J connectivity index is 1.38. The van der Waals surface area contributed by atoms with E-state index in [2.05, 4.69) is 15.6 Å². The summed E-state index contributed by atoms with van der Waals surface area (Å²) in [5.74, 6) is -0.420. The Labute approximate surface area is 187 Å². The molecule has 0 spiro atoms. The van der Waals surface area contributed by atoms with E-state index in [0.717, 1.165) is 33.2 Å². The minimum Gasteiger partial charge on any atom is -0.349 e. The van der Waals surface area contributed by atoms with Crippen molar-refractivity contribution in [2.45, 2.75) is 39.8 Å². The van der Waals surface area contributed by atoms with E-state index in [9.17, 15) is 9.59 Å². The molecule has 2 N–H and O–H groups in total. The van der Waals surface area contributed by atoms with E-state index in [1.807, 2.05) is 92.2 Å². The number of benzene rings is 2. The molecule has 2 aromatic carbocycles. The first-order valence-electron chi connectivity index (χ1n) is 10.9. The number of fused-ring (bicyclic) bond motifs is 2. The Bertz CT molecular complexity index is 1280. The number of rotatable bonds is 7. The largest absolute Gasteiger partial charge is 0.349 e. The summed E-state index contributed by atoms with van der Waals surface area (Å²) in [5, 5.41) is 8.06. The van der Waals surface area contributed by atoms with Crippen LogP contribution < -0.4 is 10.6 Å². The van der Waals surface area contributed by atoms with Gasteiger partial charge in [-0.1, -0.05) is 56.3 Å². The van der Waals surface area contributed by atoms with Crippen LogP contribution in [0.25, 0.3) is 16.4 Å². The van der Waals surface area contributed by atoms with Crippen LogP contribution in [0.4, 0.5) is 0 Å². The van der Waals surface area contributed by atoms with E-state index in [0.29, 0.717) is 6.54 Å². The lowest BCUT2D eigenvalue weighted by molar-refractivity contribution is -0.129. The van der Waals surface area contributed by atoms with Crippen LogP contribution in [0.2, 0.25) is 0 Å². The van der Waals surface area contributed by atoms with E-state index in [4.69, 9.17) is 0 Å². The molecule has 0 fully saturated rings. The van der Waals surface area contributed by atoms with Gasteiger partial charge < -0.3 is 15.0 Å². The Kier molecular flexibility index (Phi) is 6.21. The SMILES string of the molecule is Cc1ccn2cc(CNC(=O)C(NC(=O)Cc3ccc4ccccc4c3)C(C)C)nc2c1. The van der Waals surface area contributed by atoms with Crippen molar-refractivity contribution in [2.24, 2.45) is 5.92 Å². The lowest BCUT2D eigenvalue weighted by Crippen LogP contribution is -2.49. The van der Waals surface area contributed by atoms with Gasteiger partial charge in [-0.25, -0.2) is 4.98 Å². The van der Waals surface area contributed by atoms with Crippen molar-refractivity contribution in [1.29, 1.82) is 0 Å². The molecule has 0 aliphatic carbocycles. The van der Waals surface area contributed by atoms with Crippen molar-refractivity contribution in [1.82, 2.24) is 20.0 Å². The zero-order valence-electron chi connectivity index (χ0n) is 18.6. The molecule has 4 aromatic rings. The monoisotopic (exact) mass is 428 g/mol. The molecule has 4 rings (SSSR count). The lowest BCUT2D eigenvalue weighted by Gasteiger charge is -2.21. The summed E-state index contributed by atoms with van der Waals surface area (Å²) >= 11 is 0. The number of nitrogens with zero attached hydrogens (tertiary/aromatic N) is 2. The van der Waals surface area contributed by atoms with Crippen LogP contribution in [-0.4, -0.2) is 27.2 Å². The van der Waals surface area contributed by atoms with Crippen LogP contribution >= 0.6 is 0 Å². The van der Waals surface area contributed by atoms with Gasteiger partial charge in [-0.05, 0) is 46.9 Å². The highest BCUT2D eigenvalue weighted by Gasteiger charge is 2.24. The molecule has 2 heterocycles. The van der Waals surface area contributed by atoms with Crippen LogP contribution in [0.5, 0.6) is 0 Å². The topological polar surface area (TPSA) is 75.5 Å². The molecule has 0 aliphatic rings. The van der Waals surface area contributed by atoms with E-state index >= 15 is 0 Å². The second kappa shape index (κ2) is 9.22. The van der Waals surface area contributed by atoms with E-state index < -0.39 is 6.04 Å². The van der Waals surface area contributed by atoms with Crippen molar-refractivity contribution in [3.05, 3.63) is 83.8 Å². The van der Waals surface area contributed by atoms with Gasteiger partial charge in [-0.2, -0.15) is 0 Å². The first-order valence-corrected chi connectivity index (χ1v) is 10.9. The summed E-state index contributed by atoms with van der Waals surface area (Å²) in [7, 11) is 0. The number of hydrogen-bond acceptors (Lipinski definition) is 3. The van der Waals surface area contributed by atoms with Gasteiger partial charge in [0.2, 0.25) is 11.8 Å². The quantitative estimate of drug-likeness (QED) is 0.470. The van der Waals surface area contributed by atoms with Gasteiger partial charge in [-0.3, -0.25) is 9.59 Å². The standard InChI is InChI=1S/C26H28N4O2/c1-17(2)25(26(32)27-15-22-16-30-11-10-18(3)12-23(30)28-22)29-24(31)14-19-8-9-20-6-4-5-7-21(20)13-19/h4-13,16-17,25H,14-15H2,1-3H3,(H,27,32)(H,29,31). The maximum atomic E-state index is 12.8. The van der Waals surface area contributed by atoms with Gasteiger partial charge in [0, 0.05) is 12.4 Å². The zero-order valence-corrected chi connectivity index (χ0v) is 18.6. The molecule has 6 nitrogen and oxygen atoms in total. The molecule has 0 saturated carbocycles. The Morgan fingerprint density at radius 2 is 1.81 bits per heavy atom. The molecule has 1 unspecified atom stereocenters. The number of hydrogen-bond donors (Lipinski definition) is 2. The Hall–Kier alpha value is -3.67. The van der Waals surface area contributed by atoms with Crippen molar-refractivity contribution >= 4 is 28.2 Å². The first-order chi connectivity index (χ1) is 15.4. The number of carbonyl (C=O) groups excluding carboxylic acids is 2. The number of aromatic nitrogens is 2. The van der Waals surface area contributed by atoms with Crippen molar-refractivity contribution < 1.29 is 9.59 Å². The minimum absolute atomic E-state index is 0.0423. The van der Waals surface area contributed by atoms with E-state index in [1.165, 1.54) is 0 Å². The number of amides is 2. The molecule has 0 saturated heterocycles. The second-order valence-corrected chi connectivity index (χ2v) is 8.57. The summed E-state index contributed by atoms with van der Waals surface area (Å²) in [6, 6.07) is 17.4. The predicted octanol–water partition coefficient (Wildman–Crippen LogP) is 3.80. The van der Waals surface area contributed by atoms with Crippen LogP contribution in [0.15, 0.2) is 67.0 Å². The van der Waals surface area contributed by atoms with Crippen LogP contribution in [-0.2, 0) is 22.6 Å². The van der Waals surface area contributed by atoms with Crippen LogP contribution in [0, 0.1) is 12.8 Å². The number of nitrogens with one attached hydrogen (secondary N) is 2. The number of imidazole rings is 1. The average Bonchev–Trinajstić information content (AvgIpc) is 3.17. The lowest BCUT2D eigenvalue weighted by atomic mass is 10.0. The summed E-state index contributed by atoms with van der Waals surface area (Å²) in [6.07, 6.45) is 4.08. The second-order valence-electron chi connectivity index (χ2n) is 8.57. The van der Waals surface area contributed by atoms with Gasteiger partial charge in [0.25, 0.3) is 0 Å². The average molecular weight is 429 g/mol. The van der Waals surface area contributed by atoms with Gasteiger partial charge >= 0.3 is 0 Å². The molecule has 164 valence electrons. The highest BCUT2D eigenvalue weighted by molar-refractivity contribution is 5.89. The Morgan fingerprint density at radius 3 is 2.59 bits per heavy atom. The third-order valence-corrected chi connectivity index (χ3v) is 5.55. The molecule has 1 atom stereocenters. The number of carbonyl (C=O) groups is 2. The first kappa shape index (κ1) is 21.6. The fourth-order valence-corrected chi connectivity index (χ4v) is 3.80. The fraction of sp³-hybridized carbons (Fsp3) is 0.269. The Morgan fingerprint density at radius 1 is 1.03 bits per heavy atom. The third kappa shape index (κ3) is 4.97. The molecule has 32 heavy (non-hydrogen) atoms. The highest BCUT2D eigenvalue weighted by Crippen LogP contribution is 2.16. The van der Waals surface area contributed by atoms with Crippen molar-refractivity contribution in [2.75, 3.05) is 0 Å². The minimum atomic E-state index is -0.609. The molecule has 2 amide bonds. The molecule has 0 aliphatic heterocycles. The van der Waals surface area contributed by atoms with Gasteiger partial charge in [0.1, 0.15) is 11.7 Å². The third-order valence-electron chi connectivity index (χ3n) is 5.55. The highest BCUT2D eigenvalue weighted by atomic mass is 16.2. The van der Waals surface area contributed by atoms with E-state index in [1.54, 1.807) is 0 Å². The molecular weight excluding hydrogens is 400 g/mol. The zero-order chi connectivity index (χ0) is 22.7. The van der Waals surface area contributed by atoms with Crippen LogP contribution in [0.3, 0.4) is 0 Å². The maximum absolute atomic E-state index is 12.8. The summed E-state index contributed by atoms with van der Waals surface area (Å²) in [5.41, 5.74) is 3.67. The fourth-order valence-electron chi connectivity index (χ4n) is 3.80. The van der Waals surface area contributed by atoms with Crippen LogP contribution in [0.1, 0.15) is 30.7 Å². The van der Waals surface area contributed by atoms with Gasteiger partial charge in [0.05, 0.1) is 18.7 Å². The predicted molar refractivity (Wildman–Crippen MR) is 126 cm³/mol. The molecule has 0 bridgehead atoms. The van der Waals surface area contributed by atoms with Gasteiger partial charge in [-0.15, -0.1) is 0 Å². The summed E-state index contributed by atoms with van der Waals surface area (Å²) < 4.78 is 1.93. The molecule has 0 radical (unpaired) electrons. The number of pyridine rings is 1. The normalized spacial score (nSPS) is 12.2. The molecular formula is C26H28N4O2. The van der Waals surface area contributed by atoms with E-state index in [-0.39, 0.29) is 24.2 Å². The molecule has 6 heteroatoms. The summed E-state index contributed by atoms with van der Waals surface area (Å²) in [4.78, 5) is 30.1. The molecule has 2 aromatic heterocycles. The number of aryl methyl sites for hydroxylation is 1. The van der Waals surface area contributed by atoms with Gasteiger partial charge in [0.15, 0.2) is 0 Å². The summed E-state index contributed by atoms with van der Waals surface area (Å²) in [6.45, 7) is 6.18. The maximum Gasteiger partial charge on any atom is 0.243 e.